The molecule has 0 N–H and O–H groups in total. The fourth-order valence-corrected chi connectivity index (χ4v) is 1.64. The molecule has 0 unspecified atom stereocenters. The van der Waals surface area contributed by atoms with E-state index in [1.807, 2.05) is 12.1 Å². The number of halogens is 1. The maximum Gasteiger partial charge on any atom is 0.120 e. The van der Waals surface area contributed by atoms with E-state index in [0.717, 1.165) is 16.8 Å². The molecule has 1 aromatic carbocycles. The molecular formula is C11H15BrO. The SMILES string of the molecule is Cc1cc(Br)cc(OCC(C)C)c1. The number of hydrogen-bond acceptors (Lipinski definition) is 1. The van der Waals surface area contributed by atoms with Crippen molar-refractivity contribution in [3.05, 3.63) is 28.2 Å². The van der Waals surface area contributed by atoms with E-state index in [4.69, 9.17) is 4.74 Å². The highest BCUT2D eigenvalue weighted by Crippen LogP contribution is 2.21. The molecule has 2 heteroatoms. The number of rotatable bonds is 3. The molecule has 0 amide bonds. The van der Waals surface area contributed by atoms with Crippen LogP contribution in [0.15, 0.2) is 22.7 Å². The molecule has 0 aliphatic carbocycles. The molecule has 0 aromatic heterocycles. The van der Waals surface area contributed by atoms with E-state index in [0.29, 0.717) is 5.92 Å². The Balaban J connectivity index is 2.66. The highest BCUT2D eigenvalue weighted by molar-refractivity contribution is 9.10. The third kappa shape index (κ3) is 3.81. The summed E-state index contributed by atoms with van der Waals surface area (Å²) < 4.78 is 6.67. The Labute approximate surface area is 88.2 Å². The smallest absolute Gasteiger partial charge is 0.120 e. The molecule has 0 aliphatic rings. The van der Waals surface area contributed by atoms with Crippen LogP contribution in [0.25, 0.3) is 0 Å². The maximum absolute atomic E-state index is 5.60. The van der Waals surface area contributed by atoms with Gasteiger partial charge in [0.05, 0.1) is 6.61 Å². The van der Waals surface area contributed by atoms with Gasteiger partial charge in [-0.15, -0.1) is 0 Å². The Morgan fingerprint density at radius 2 is 2.00 bits per heavy atom. The first-order chi connectivity index (χ1) is 6.08. The van der Waals surface area contributed by atoms with E-state index in [1.54, 1.807) is 0 Å². The Hall–Kier alpha value is -0.500. The number of hydrogen-bond donors (Lipinski definition) is 0. The van der Waals surface area contributed by atoms with Crippen LogP contribution in [0, 0.1) is 12.8 Å². The van der Waals surface area contributed by atoms with Crippen LogP contribution in [0.1, 0.15) is 19.4 Å². The molecule has 72 valence electrons. The van der Waals surface area contributed by atoms with Crippen LogP contribution in [0.2, 0.25) is 0 Å². The van der Waals surface area contributed by atoms with Crippen molar-refractivity contribution < 1.29 is 4.74 Å². The number of aryl methyl sites for hydroxylation is 1. The average molecular weight is 243 g/mol. The van der Waals surface area contributed by atoms with Gasteiger partial charge in [-0.3, -0.25) is 0 Å². The van der Waals surface area contributed by atoms with Crippen molar-refractivity contribution in [1.82, 2.24) is 0 Å². The molecule has 1 aromatic rings. The lowest BCUT2D eigenvalue weighted by atomic mass is 10.2. The standard InChI is InChI=1S/C11H15BrO/c1-8(2)7-13-11-5-9(3)4-10(12)6-11/h4-6,8H,7H2,1-3H3. The molecule has 13 heavy (non-hydrogen) atoms. The van der Waals surface area contributed by atoms with Crippen LogP contribution in [-0.2, 0) is 0 Å². The predicted octanol–water partition coefficient (Wildman–Crippen LogP) is 3.79. The van der Waals surface area contributed by atoms with Crippen LogP contribution in [0.3, 0.4) is 0 Å². The zero-order valence-electron chi connectivity index (χ0n) is 8.30. The zero-order chi connectivity index (χ0) is 9.84. The van der Waals surface area contributed by atoms with Gasteiger partial charge in [-0.25, -0.2) is 0 Å². The fraction of sp³-hybridized carbons (Fsp3) is 0.455. The minimum absolute atomic E-state index is 0.569. The topological polar surface area (TPSA) is 9.23 Å². The normalized spacial score (nSPS) is 10.5. The lowest BCUT2D eigenvalue weighted by molar-refractivity contribution is 0.271. The monoisotopic (exact) mass is 242 g/mol. The van der Waals surface area contributed by atoms with Gasteiger partial charge in [0.2, 0.25) is 0 Å². The molecule has 0 fully saturated rings. The third-order valence-corrected chi connectivity index (χ3v) is 2.06. The Kier molecular flexibility index (Phi) is 3.79. The van der Waals surface area contributed by atoms with Crippen LogP contribution in [0.5, 0.6) is 5.75 Å². The third-order valence-electron chi connectivity index (χ3n) is 1.60. The van der Waals surface area contributed by atoms with Crippen molar-refractivity contribution >= 4 is 15.9 Å². The summed E-state index contributed by atoms with van der Waals surface area (Å²) in [7, 11) is 0. The van der Waals surface area contributed by atoms with E-state index in [2.05, 4.69) is 42.8 Å². The van der Waals surface area contributed by atoms with Crippen molar-refractivity contribution in [3.8, 4) is 5.75 Å². The van der Waals surface area contributed by atoms with Crippen LogP contribution < -0.4 is 4.74 Å². The Morgan fingerprint density at radius 3 is 2.54 bits per heavy atom. The van der Waals surface area contributed by atoms with Crippen molar-refractivity contribution in [2.45, 2.75) is 20.8 Å². The molecule has 0 heterocycles. The van der Waals surface area contributed by atoms with Gasteiger partial charge >= 0.3 is 0 Å². The van der Waals surface area contributed by atoms with Crippen molar-refractivity contribution in [2.75, 3.05) is 6.61 Å². The summed E-state index contributed by atoms with van der Waals surface area (Å²) in [6, 6.07) is 6.12. The number of ether oxygens (including phenoxy) is 1. The van der Waals surface area contributed by atoms with Gasteiger partial charge in [0.25, 0.3) is 0 Å². The van der Waals surface area contributed by atoms with Crippen molar-refractivity contribution in [1.29, 1.82) is 0 Å². The average Bonchev–Trinajstić information content (AvgIpc) is 1.99. The van der Waals surface area contributed by atoms with E-state index < -0.39 is 0 Å². The fourth-order valence-electron chi connectivity index (χ4n) is 1.05. The van der Waals surface area contributed by atoms with E-state index >= 15 is 0 Å². The van der Waals surface area contributed by atoms with Gasteiger partial charge in [-0.2, -0.15) is 0 Å². The summed E-state index contributed by atoms with van der Waals surface area (Å²) in [5.41, 5.74) is 1.22. The summed E-state index contributed by atoms with van der Waals surface area (Å²) in [5.74, 6) is 1.51. The van der Waals surface area contributed by atoms with Gasteiger partial charge in [0.15, 0.2) is 0 Å². The van der Waals surface area contributed by atoms with E-state index in [-0.39, 0.29) is 0 Å². The van der Waals surface area contributed by atoms with Gasteiger partial charge in [-0.1, -0.05) is 29.8 Å². The first kappa shape index (κ1) is 10.6. The second-order valence-electron chi connectivity index (χ2n) is 3.67. The van der Waals surface area contributed by atoms with Gasteiger partial charge in [0, 0.05) is 4.47 Å². The summed E-state index contributed by atoms with van der Waals surface area (Å²) in [4.78, 5) is 0. The number of benzene rings is 1. The quantitative estimate of drug-likeness (QED) is 0.784. The Bertz CT molecular complexity index is 261. The van der Waals surface area contributed by atoms with Gasteiger partial charge in [0.1, 0.15) is 5.75 Å². The first-order valence-electron chi connectivity index (χ1n) is 4.48. The van der Waals surface area contributed by atoms with Crippen LogP contribution in [0.4, 0.5) is 0 Å². The van der Waals surface area contributed by atoms with Crippen molar-refractivity contribution in [2.24, 2.45) is 5.92 Å². The van der Waals surface area contributed by atoms with Gasteiger partial charge in [-0.05, 0) is 36.6 Å². The van der Waals surface area contributed by atoms with E-state index in [1.165, 1.54) is 5.56 Å². The molecule has 0 bridgehead atoms. The molecule has 1 nitrogen and oxygen atoms in total. The highest BCUT2D eigenvalue weighted by Gasteiger charge is 1.99. The molecule has 0 saturated carbocycles. The zero-order valence-corrected chi connectivity index (χ0v) is 9.89. The predicted molar refractivity (Wildman–Crippen MR) is 59.2 cm³/mol. The van der Waals surface area contributed by atoms with Gasteiger partial charge < -0.3 is 4.74 Å². The highest BCUT2D eigenvalue weighted by atomic mass is 79.9. The Morgan fingerprint density at radius 1 is 1.31 bits per heavy atom. The summed E-state index contributed by atoms with van der Waals surface area (Å²) in [6.45, 7) is 7.12. The lowest BCUT2D eigenvalue weighted by Crippen LogP contribution is -2.04. The summed E-state index contributed by atoms with van der Waals surface area (Å²) in [5, 5.41) is 0. The minimum Gasteiger partial charge on any atom is -0.493 e. The van der Waals surface area contributed by atoms with Crippen LogP contribution >= 0.6 is 15.9 Å². The minimum atomic E-state index is 0.569. The molecule has 1 rings (SSSR count). The second kappa shape index (κ2) is 4.66. The van der Waals surface area contributed by atoms with Crippen LogP contribution in [-0.4, -0.2) is 6.61 Å². The molecule has 0 radical (unpaired) electrons. The first-order valence-corrected chi connectivity index (χ1v) is 5.27. The summed E-state index contributed by atoms with van der Waals surface area (Å²) in [6.07, 6.45) is 0. The molecule has 0 saturated heterocycles. The molecule has 0 aliphatic heterocycles. The molecule has 0 spiro atoms. The molecular weight excluding hydrogens is 228 g/mol. The lowest BCUT2D eigenvalue weighted by Gasteiger charge is -2.09. The van der Waals surface area contributed by atoms with Crippen molar-refractivity contribution in [3.63, 3.8) is 0 Å². The summed E-state index contributed by atoms with van der Waals surface area (Å²) >= 11 is 3.44. The second-order valence-corrected chi connectivity index (χ2v) is 4.58. The molecule has 0 atom stereocenters. The maximum atomic E-state index is 5.60. The van der Waals surface area contributed by atoms with E-state index in [9.17, 15) is 0 Å². The largest absolute Gasteiger partial charge is 0.493 e.